The molecule has 0 unspecified atom stereocenters. The second-order valence-corrected chi connectivity index (χ2v) is 6.53. The van der Waals surface area contributed by atoms with Crippen LogP contribution in [0.15, 0.2) is 48.7 Å². The van der Waals surface area contributed by atoms with Crippen LogP contribution in [0.3, 0.4) is 0 Å². The number of carbonyl (C=O) groups excluding carboxylic acids is 1. The zero-order valence-electron chi connectivity index (χ0n) is 14.2. The van der Waals surface area contributed by atoms with Crippen LogP contribution in [0, 0.1) is 0 Å². The molecule has 6 heteroatoms. The van der Waals surface area contributed by atoms with Crippen LogP contribution >= 0.6 is 11.6 Å². The van der Waals surface area contributed by atoms with Crippen LogP contribution < -0.4 is 10.2 Å². The van der Waals surface area contributed by atoms with Gasteiger partial charge in [-0.1, -0.05) is 29.8 Å². The van der Waals surface area contributed by atoms with E-state index in [0.717, 1.165) is 11.9 Å². The van der Waals surface area contributed by atoms with Crippen LogP contribution in [0.5, 0.6) is 0 Å². The zero-order chi connectivity index (χ0) is 17.8. The Kier molecular flexibility index (Phi) is 5.26. The SMILES string of the molecule is C[NH+](C)CCNC(=O)c1cc(-c2ccccn2)nc2c(Cl)cccc12. The smallest absolute Gasteiger partial charge is 0.252 e. The molecular weight excluding hydrogens is 336 g/mol. The minimum atomic E-state index is -0.131. The first-order chi connectivity index (χ1) is 12.1. The van der Waals surface area contributed by atoms with Crippen LogP contribution in [-0.2, 0) is 0 Å². The Bertz CT molecular complexity index is 897. The highest BCUT2D eigenvalue weighted by Gasteiger charge is 2.16. The number of para-hydroxylation sites is 1. The fraction of sp³-hybridized carbons (Fsp3) is 0.211. The molecule has 25 heavy (non-hydrogen) atoms. The Balaban J connectivity index is 2.06. The molecule has 0 fully saturated rings. The summed E-state index contributed by atoms with van der Waals surface area (Å²) >= 11 is 6.32. The van der Waals surface area contributed by atoms with Gasteiger partial charge < -0.3 is 10.2 Å². The summed E-state index contributed by atoms with van der Waals surface area (Å²) in [6.45, 7) is 1.45. The number of carbonyl (C=O) groups is 1. The van der Waals surface area contributed by atoms with E-state index in [0.29, 0.717) is 34.0 Å². The Hall–Kier alpha value is -2.50. The minimum Gasteiger partial charge on any atom is -0.346 e. The third-order valence-electron chi connectivity index (χ3n) is 3.87. The molecule has 0 aliphatic carbocycles. The average Bonchev–Trinajstić information content (AvgIpc) is 2.61. The number of hydrogen-bond donors (Lipinski definition) is 2. The van der Waals surface area contributed by atoms with Gasteiger partial charge in [0, 0.05) is 11.6 Å². The number of rotatable bonds is 5. The number of likely N-dealkylation sites (N-methyl/N-ethyl adjacent to an activating group) is 1. The number of pyridine rings is 2. The van der Waals surface area contributed by atoms with Gasteiger partial charge in [-0.3, -0.25) is 9.78 Å². The second kappa shape index (κ2) is 7.59. The highest BCUT2D eigenvalue weighted by atomic mass is 35.5. The minimum absolute atomic E-state index is 0.131. The zero-order valence-corrected chi connectivity index (χ0v) is 15.0. The molecule has 3 rings (SSSR count). The van der Waals surface area contributed by atoms with Gasteiger partial charge in [0.1, 0.15) is 0 Å². The van der Waals surface area contributed by atoms with E-state index in [1.807, 2.05) is 44.4 Å². The summed E-state index contributed by atoms with van der Waals surface area (Å²) < 4.78 is 0. The first kappa shape index (κ1) is 17.3. The van der Waals surface area contributed by atoms with E-state index in [-0.39, 0.29) is 5.91 Å². The van der Waals surface area contributed by atoms with E-state index >= 15 is 0 Å². The number of hydrogen-bond acceptors (Lipinski definition) is 3. The number of amides is 1. The van der Waals surface area contributed by atoms with Gasteiger partial charge in [-0.2, -0.15) is 0 Å². The monoisotopic (exact) mass is 355 g/mol. The third-order valence-corrected chi connectivity index (χ3v) is 4.18. The van der Waals surface area contributed by atoms with Crippen molar-refractivity contribution >= 4 is 28.4 Å². The van der Waals surface area contributed by atoms with Crippen molar-refractivity contribution in [1.29, 1.82) is 0 Å². The van der Waals surface area contributed by atoms with E-state index in [1.54, 1.807) is 18.3 Å². The van der Waals surface area contributed by atoms with Gasteiger partial charge >= 0.3 is 0 Å². The molecule has 0 spiro atoms. The number of nitrogens with one attached hydrogen (secondary N) is 2. The maximum Gasteiger partial charge on any atom is 0.252 e. The van der Waals surface area contributed by atoms with Crippen molar-refractivity contribution in [2.45, 2.75) is 0 Å². The summed E-state index contributed by atoms with van der Waals surface area (Å²) in [7, 11) is 4.10. The summed E-state index contributed by atoms with van der Waals surface area (Å²) in [6, 6.07) is 12.8. The summed E-state index contributed by atoms with van der Waals surface area (Å²) in [5, 5.41) is 4.22. The number of benzene rings is 1. The van der Waals surface area contributed by atoms with Crippen molar-refractivity contribution in [3.8, 4) is 11.4 Å². The molecule has 0 saturated heterocycles. The largest absolute Gasteiger partial charge is 0.346 e. The maximum atomic E-state index is 12.7. The first-order valence-corrected chi connectivity index (χ1v) is 8.52. The molecular formula is C19H20ClN4O+. The first-order valence-electron chi connectivity index (χ1n) is 8.14. The van der Waals surface area contributed by atoms with Crippen molar-refractivity contribution in [1.82, 2.24) is 15.3 Å². The Labute approximate surface area is 151 Å². The molecule has 0 saturated carbocycles. The molecule has 0 radical (unpaired) electrons. The van der Waals surface area contributed by atoms with Crippen LogP contribution in [0.25, 0.3) is 22.3 Å². The molecule has 3 aromatic rings. The highest BCUT2D eigenvalue weighted by Crippen LogP contribution is 2.28. The lowest BCUT2D eigenvalue weighted by Crippen LogP contribution is -3.06. The van der Waals surface area contributed by atoms with Crippen molar-refractivity contribution in [3.05, 3.63) is 59.2 Å². The number of aromatic nitrogens is 2. The van der Waals surface area contributed by atoms with Crippen molar-refractivity contribution in [2.24, 2.45) is 0 Å². The van der Waals surface area contributed by atoms with Gasteiger partial charge in [0.25, 0.3) is 5.91 Å². The topological polar surface area (TPSA) is 59.3 Å². The average molecular weight is 356 g/mol. The molecule has 5 nitrogen and oxygen atoms in total. The Morgan fingerprint density at radius 1 is 1.16 bits per heavy atom. The van der Waals surface area contributed by atoms with Crippen molar-refractivity contribution in [2.75, 3.05) is 27.2 Å². The van der Waals surface area contributed by atoms with Gasteiger partial charge in [0.05, 0.1) is 54.7 Å². The maximum absolute atomic E-state index is 12.7. The van der Waals surface area contributed by atoms with Gasteiger partial charge in [-0.15, -0.1) is 0 Å². The quantitative estimate of drug-likeness (QED) is 0.734. The van der Waals surface area contributed by atoms with Gasteiger partial charge in [-0.05, 0) is 24.3 Å². The fourth-order valence-electron chi connectivity index (χ4n) is 2.57. The Morgan fingerprint density at radius 3 is 2.72 bits per heavy atom. The molecule has 128 valence electrons. The molecule has 0 atom stereocenters. The normalized spacial score (nSPS) is 11.0. The lowest BCUT2D eigenvalue weighted by atomic mass is 10.1. The van der Waals surface area contributed by atoms with E-state index in [2.05, 4.69) is 15.3 Å². The Morgan fingerprint density at radius 2 is 2.00 bits per heavy atom. The summed E-state index contributed by atoms with van der Waals surface area (Å²) in [6.07, 6.45) is 1.70. The number of quaternary nitrogens is 1. The van der Waals surface area contributed by atoms with E-state index in [1.165, 1.54) is 4.90 Å². The molecule has 1 aromatic carbocycles. The number of nitrogens with zero attached hydrogens (tertiary/aromatic N) is 2. The number of halogens is 1. The molecule has 2 N–H and O–H groups in total. The molecule has 1 amide bonds. The van der Waals surface area contributed by atoms with Gasteiger partial charge in [0.2, 0.25) is 0 Å². The highest BCUT2D eigenvalue weighted by molar-refractivity contribution is 6.35. The van der Waals surface area contributed by atoms with Crippen molar-refractivity contribution in [3.63, 3.8) is 0 Å². The van der Waals surface area contributed by atoms with Crippen LogP contribution in [-0.4, -0.2) is 43.1 Å². The predicted molar refractivity (Wildman–Crippen MR) is 100.0 cm³/mol. The van der Waals surface area contributed by atoms with E-state index in [9.17, 15) is 4.79 Å². The molecule has 0 bridgehead atoms. The lowest BCUT2D eigenvalue weighted by Gasteiger charge is -2.12. The summed E-state index contributed by atoms with van der Waals surface area (Å²) in [4.78, 5) is 22.9. The van der Waals surface area contributed by atoms with Gasteiger partial charge in [-0.25, -0.2) is 4.98 Å². The second-order valence-electron chi connectivity index (χ2n) is 6.12. The standard InChI is InChI=1S/C19H19ClN4O/c1-24(2)11-10-22-19(25)14-12-17(16-8-3-4-9-21-16)23-18-13(14)6-5-7-15(18)20/h3-9,12H,10-11H2,1-2H3,(H,22,25)/p+1. The van der Waals surface area contributed by atoms with E-state index in [4.69, 9.17) is 11.6 Å². The molecule has 2 aromatic heterocycles. The third kappa shape index (κ3) is 3.95. The van der Waals surface area contributed by atoms with Crippen molar-refractivity contribution < 1.29 is 9.69 Å². The van der Waals surface area contributed by atoms with Gasteiger partial charge in [0.15, 0.2) is 0 Å². The summed E-state index contributed by atoms with van der Waals surface area (Å²) in [5.41, 5.74) is 2.50. The summed E-state index contributed by atoms with van der Waals surface area (Å²) in [5.74, 6) is -0.131. The lowest BCUT2D eigenvalue weighted by molar-refractivity contribution is -0.856. The van der Waals surface area contributed by atoms with E-state index < -0.39 is 0 Å². The van der Waals surface area contributed by atoms with Crippen LogP contribution in [0.2, 0.25) is 5.02 Å². The molecule has 0 aliphatic heterocycles. The molecule has 2 heterocycles. The van der Waals surface area contributed by atoms with Crippen LogP contribution in [0.4, 0.5) is 0 Å². The predicted octanol–water partition coefficient (Wildman–Crippen LogP) is 1.82. The van der Waals surface area contributed by atoms with Crippen LogP contribution in [0.1, 0.15) is 10.4 Å². The fourth-order valence-corrected chi connectivity index (χ4v) is 2.78. The number of fused-ring (bicyclic) bond motifs is 1. The molecule has 0 aliphatic rings.